The second kappa shape index (κ2) is 8.43. The molecule has 1 heterocycles. The molecule has 1 aromatic carbocycles. The second-order valence-electron chi connectivity index (χ2n) is 6.93. The summed E-state index contributed by atoms with van der Waals surface area (Å²) in [4.78, 5) is 23.7. The molecule has 0 fully saturated rings. The number of hydrogen-bond donors (Lipinski definition) is 1. The predicted octanol–water partition coefficient (Wildman–Crippen LogP) is 2.97. The summed E-state index contributed by atoms with van der Waals surface area (Å²) in [6.07, 6.45) is 0. The van der Waals surface area contributed by atoms with Gasteiger partial charge in [-0.25, -0.2) is 4.79 Å². The minimum Gasteiger partial charge on any atom is -0.476 e. The maximum Gasteiger partial charge on any atom is 0.361 e. The number of rotatable bonds is 8. The fourth-order valence-corrected chi connectivity index (χ4v) is 4.22. The lowest BCUT2D eigenvalue weighted by Gasteiger charge is -2.19. The van der Waals surface area contributed by atoms with Gasteiger partial charge in [0.2, 0.25) is 0 Å². The van der Waals surface area contributed by atoms with Crippen LogP contribution in [-0.4, -0.2) is 45.6 Å². The quantitative estimate of drug-likeness (QED) is 0.519. The van der Waals surface area contributed by atoms with E-state index in [2.05, 4.69) is 5.10 Å². The van der Waals surface area contributed by atoms with E-state index in [-0.39, 0.29) is 30.8 Å². The lowest BCUT2D eigenvalue weighted by atomic mass is 10.2. The number of carboxylic acids is 1. The number of nitrogens with zero attached hydrogens (tertiary/aromatic N) is 2. The van der Waals surface area contributed by atoms with E-state index in [9.17, 15) is 19.3 Å². The van der Waals surface area contributed by atoms with E-state index in [4.69, 9.17) is 13.8 Å². The summed E-state index contributed by atoms with van der Waals surface area (Å²) < 4.78 is 30.2. The number of fused-ring (bicyclic) bond motifs is 1. The van der Waals surface area contributed by atoms with Crippen molar-refractivity contribution in [3.05, 3.63) is 23.9 Å². The summed E-state index contributed by atoms with van der Waals surface area (Å²) in [7, 11) is -3.58. The Morgan fingerprint density at radius 2 is 1.79 bits per heavy atom. The fraction of sp³-hybridized carbons (Fsp3) is 0.500. The number of aromatic nitrogens is 2. The molecule has 0 atom stereocenters. The fourth-order valence-electron chi connectivity index (χ4n) is 2.63. The SMILES string of the molecule is CCOP(=O)(OCC)c1ccc2c(C(=O)O)nn(CC(=O)OC(C)(C)C)c2c1. The largest absolute Gasteiger partial charge is 0.476 e. The molecule has 0 unspecified atom stereocenters. The summed E-state index contributed by atoms with van der Waals surface area (Å²) in [5.74, 6) is -1.81. The van der Waals surface area contributed by atoms with Gasteiger partial charge in [-0.3, -0.25) is 14.0 Å². The number of hydrogen-bond acceptors (Lipinski definition) is 7. The van der Waals surface area contributed by atoms with E-state index < -0.39 is 25.1 Å². The van der Waals surface area contributed by atoms with Crippen LogP contribution in [0.2, 0.25) is 0 Å². The van der Waals surface area contributed by atoms with Crippen LogP contribution >= 0.6 is 7.60 Å². The molecule has 10 heteroatoms. The molecule has 1 aromatic heterocycles. The lowest BCUT2D eigenvalue weighted by molar-refractivity contribution is -0.155. The van der Waals surface area contributed by atoms with E-state index in [1.165, 1.54) is 22.9 Å². The van der Waals surface area contributed by atoms with Crippen LogP contribution in [0.15, 0.2) is 18.2 Å². The summed E-state index contributed by atoms with van der Waals surface area (Å²) in [6.45, 7) is 8.63. The minimum atomic E-state index is -3.58. The first kappa shape index (κ1) is 22.1. The average Bonchev–Trinajstić information content (AvgIpc) is 2.91. The van der Waals surface area contributed by atoms with Gasteiger partial charge in [0.25, 0.3) is 0 Å². The molecule has 0 aliphatic carbocycles. The van der Waals surface area contributed by atoms with E-state index in [1.54, 1.807) is 34.6 Å². The number of aromatic carboxylic acids is 1. The summed E-state index contributed by atoms with van der Waals surface area (Å²) in [5, 5.41) is 14.0. The molecule has 0 spiro atoms. The smallest absolute Gasteiger partial charge is 0.361 e. The van der Waals surface area contributed by atoms with Crippen LogP contribution in [0.4, 0.5) is 0 Å². The van der Waals surface area contributed by atoms with Gasteiger partial charge in [-0.2, -0.15) is 5.10 Å². The van der Waals surface area contributed by atoms with E-state index in [1.807, 2.05) is 0 Å². The van der Waals surface area contributed by atoms with Gasteiger partial charge < -0.3 is 18.9 Å². The van der Waals surface area contributed by atoms with Gasteiger partial charge in [0.15, 0.2) is 5.69 Å². The van der Waals surface area contributed by atoms with Crippen molar-refractivity contribution in [1.82, 2.24) is 9.78 Å². The van der Waals surface area contributed by atoms with Gasteiger partial charge in [0, 0.05) is 5.39 Å². The molecule has 2 rings (SSSR count). The first-order valence-corrected chi connectivity index (χ1v) is 10.4. The zero-order valence-corrected chi connectivity index (χ0v) is 17.5. The first-order valence-electron chi connectivity index (χ1n) is 8.86. The van der Waals surface area contributed by atoms with Crippen LogP contribution in [0.25, 0.3) is 10.9 Å². The van der Waals surface area contributed by atoms with Gasteiger partial charge in [0.05, 0.1) is 24.0 Å². The van der Waals surface area contributed by atoms with Gasteiger partial charge in [-0.1, -0.05) is 0 Å². The Kier molecular flexibility index (Phi) is 6.64. The molecule has 9 nitrogen and oxygen atoms in total. The zero-order chi connectivity index (χ0) is 21.1. The van der Waals surface area contributed by atoms with Gasteiger partial charge in [-0.05, 0) is 52.8 Å². The maximum absolute atomic E-state index is 13.0. The van der Waals surface area contributed by atoms with Crippen LogP contribution in [0.5, 0.6) is 0 Å². The third kappa shape index (κ3) is 4.98. The van der Waals surface area contributed by atoms with Crippen molar-refractivity contribution in [2.24, 2.45) is 0 Å². The Bertz CT molecular complexity index is 920. The third-order valence-electron chi connectivity index (χ3n) is 3.55. The molecule has 0 radical (unpaired) electrons. The summed E-state index contributed by atoms with van der Waals surface area (Å²) in [5.41, 5.74) is -0.589. The zero-order valence-electron chi connectivity index (χ0n) is 16.6. The Morgan fingerprint density at radius 1 is 1.18 bits per heavy atom. The van der Waals surface area contributed by atoms with Crippen molar-refractivity contribution < 1.29 is 33.0 Å². The lowest BCUT2D eigenvalue weighted by Crippen LogP contribution is -2.27. The van der Waals surface area contributed by atoms with E-state index >= 15 is 0 Å². The van der Waals surface area contributed by atoms with Crippen molar-refractivity contribution >= 4 is 35.7 Å². The molecule has 0 bridgehead atoms. The van der Waals surface area contributed by atoms with E-state index in [0.29, 0.717) is 10.9 Å². The topological polar surface area (TPSA) is 117 Å². The van der Waals surface area contributed by atoms with Gasteiger partial charge >= 0.3 is 19.5 Å². The van der Waals surface area contributed by atoms with Gasteiger partial charge in [-0.15, -0.1) is 0 Å². The average molecular weight is 412 g/mol. The standard InChI is InChI=1S/C18H25N2O7P/c1-6-25-28(24,26-7-2)12-8-9-13-14(10-12)20(19-16(13)17(22)23)11-15(21)27-18(3,4)5/h8-10H,6-7,11H2,1-5H3,(H,22,23). The monoisotopic (exact) mass is 412 g/mol. The van der Waals surface area contributed by atoms with Crippen LogP contribution in [0.1, 0.15) is 45.1 Å². The summed E-state index contributed by atoms with van der Waals surface area (Å²) >= 11 is 0. The second-order valence-corrected chi connectivity index (χ2v) is 8.96. The molecular formula is C18H25N2O7P. The molecular weight excluding hydrogens is 387 g/mol. The van der Waals surface area contributed by atoms with Crippen molar-refractivity contribution in [2.45, 2.75) is 46.8 Å². The molecule has 0 saturated carbocycles. The highest BCUT2D eigenvalue weighted by atomic mass is 31.2. The molecule has 0 aliphatic heterocycles. The molecule has 2 aromatic rings. The van der Waals surface area contributed by atoms with Crippen LogP contribution in [0.3, 0.4) is 0 Å². The highest BCUT2D eigenvalue weighted by molar-refractivity contribution is 7.62. The van der Waals surface area contributed by atoms with Crippen molar-refractivity contribution in [1.29, 1.82) is 0 Å². The molecule has 0 amide bonds. The Labute approximate surface area is 163 Å². The van der Waals surface area contributed by atoms with Gasteiger partial charge in [0.1, 0.15) is 12.1 Å². The minimum absolute atomic E-state index is 0.173. The molecule has 0 aliphatic rings. The van der Waals surface area contributed by atoms with Crippen LogP contribution in [0, 0.1) is 0 Å². The number of ether oxygens (including phenoxy) is 1. The van der Waals surface area contributed by atoms with Crippen molar-refractivity contribution in [3.63, 3.8) is 0 Å². The third-order valence-corrected chi connectivity index (χ3v) is 5.66. The Balaban J connectivity index is 2.56. The van der Waals surface area contributed by atoms with Crippen LogP contribution < -0.4 is 5.30 Å². The first-order chi connectivity index (χ1) is 13.0. The highest BCUT2D eigenvalue weighted by Gasteiger charge is 2.29. The van der Waals surface area contributed by atoms with Crippen molar-refractivity contribution in [2.75, 3.05) is 13.2 Å². The number of esters is 1. The predicted molar refractivity (Wildman–Crippen MR) is 103 cm³/mol. The maximum atomic E-state index is 13.0. The molecule has 1 N–H and O–H groups in total. The normalized spacial score (nSPS) is 12.3. The number of carbonyl (C=O) groups excluding carboxylic acids is 1. The molecule has 28 heavy (non-hydrogen) atoms. The van der Waals surface area contributed by atoms with Crippen LogP contribution in [-0.2, 0) is 29.7 Å². The number of carbonyl (C=O) groups is 2. The van der Waals surface area contributed by atoms with Crippen molar-refractivity contribution in [3.8, 4) is 0 Å². The Morgan fingerprint density at radius 3 is 2.29 bits per heavy atom. The Hall–Kier alpha value is -2.22. The summed E-state index contributed by atoms with van der Waals surface area (Å²) in [6, 6.07) is 4.45. The molecule has 154 valence electrons. The molecule has 0 saturated heterocycles. The number of carboxylic acid groups (broad SMARTS) is 1. The highest BCUT2D eigenvalue weighted by Crippen LogP contribution is 2.47. The number of benzene rings is 1. The van der Waals surface area contributed by atoms with E-state index in [0.717, 1.165) is 0 Å².